The zero-order valence-electron chi connectivity index (χ0n) is 9.49. The number of benzene rings is 1. The molecule has 0 radical (unpaired) electrons. The lowest BCUT2D eigenvalue weighted by Gasteiger charge is -2.30. The molecule has 0 aromatic heterocycles. The van der Waals surface area contributed by atoms with Gasteiger partial charge in [0.2, 0.25) is 0 Å². The van der Waals surface area contributed by atoms with Crippen LogP contribution in [0.5, 0.6) is 5.75 Å². The highest BCUT2D eigenvalue weighted by Gasteiger charge is 2.19. The molecule has 1 fully saturated rings. The van der Waals surface area contributed by atoms with Gasteiger partial charge in [-0.05, 0) is 37.5 Å². The van der Waals surface area contributed by atoms with Crippen molar-refractivity contribution in [1.29, 1.82) is 0 Å². The van der Waals surface area contributed by atoms with Crippen LogP contribution >= 0.6 is 0 Å². The Morgan fingerprint density at radius 2 is 1.93 bits per heavy atom. The molecule has 1 atom stereocenters. The lowest BCUT2D eigenvalue weighted by Crippen LogP contribution is -2.36. The van der Waals surface area contributed by atoms with Gasteiger partial charge in [0.05, 0.1) is 7.11 Å². The Balaban J connectivity index is 1.94. The number of nitrogens with one attached hydrogen (secondary N) is 1. The van der Waals surface area contributed by atoms with E-state index in [1.807, 2.05) is 12.1 Å². The highest BCUT2D eigenvalue weighted by atomic mass is 16.5. The van der Waals surface area contributed by atoms with Crippen molar-refractivity contribution in [3.8, 4) is 5.75 Å². The molecule has 1 aliphatic carbocycles. The Hall–Kier alpha value is -1.02. The molecule has 15 heavy (non-hydrogen) atoms. The third-order valence-electron chi connectivity index (χ3n) is 3.21. The van der Waals surface area contributed by atoms with Gasteiger partial charge in [0.1, 0.15) is 5.75 Å². The van der Waals surface area contributed by atoms with E-state index in [0.29, 0.717) is 6.04 Å². The SMILES string of the molecule is COc1ccc(C(C)NC2CCC2)cc1. The van der Waals surface area contributed by atoms with Crippen molar-refractivity contribution in [3.05, 3.63) is 29.8 Å². The van der Waals surface area contributed by atoms with Gasteiger partial charge in [-0.15, -0.1) is 0 Å². The van der Waals surface area contributed by atoms with Crippen molar-refractivity contribution in [2.75, 3.05) is 7.11 Å². The smallest absolute Gasteiger partial charge is 0.118 e. The summed E-state index contributed by atoms with van der Waals surface area (Å²) in [5.41, 5.74) is 1.34. The second-order valence-electron chi connectivity index (χ2n) is 4.29. The van der Waals surface area contributed by atoms with Crippen LogP contribution in [0.4, 0.5) is 0 Å². The second-order valence-corrected chi connectivity index (χ2v) is 4.29. The fourth-order valence-electron chi connectivity index (χ4n) is 1.92. The maximum absolute atomic E-state index is 5.14. The molecule has 0 amide bonds. The summed E-state index contributed by atoms with van der Waals surface area (Å²) in [6, 6.07) is 9.50. The average Bonchev–Trinajstić information content (AvgIpc) is 2.23. The molecule has 2 nitrogen and oxygen atoms in total. The third-order valence-corrected chi connectivity index (χ3v) is 3.21. The Morgan fingerprint density at radius 3 is 2.40 bits per heavy atom. The number of rotatable bonds is 4. The van der Waals surface area contributed by atoms with Crippen molar-refractivity contribution in [1.82, 2.24) is 5.32 Å². The molecule has 1 aromatic carbocycles. The topological polar surface area (TPSA) is 21.3 Å². The highest BCUT2D eigenvalue weighted by Crippen LogP contribution is 2.23. The van der Waals surface area contributed by atoms with Crippen molar-refractivity contribution in [2.24, 2.45) is 0 Å². The van der Waals surface area contributed by atoms with Gasteiger partial charge in [0.15, 0.2) is 0 Å². The first-order chi connectivity index (χ1) is 7.29. The molecule has 82 valence electrons. The standard InChI is InChI=1S/C13H19NO/c1-10(14-12-4-3-5-12)11-6-8-13(15-2)9-7-11/h6-10,12,14H,3-5H2,1-2H3. The molecular weight excluding hydrogens is 186 g/mol. The van der Waals surface area contributed by atoms with Gasteiger partial charge in [0.25, 0.3) is 0 Å². The lowest BCUT2D eigenvalue weighted by molar-refractivity contribution is 0.313. The van der Waals surface area contributed by atoms with Crippen molar-refractivity contribution >= 4 is 0 Å². The summed E-state index contributed by atoms with van der Waals surface area (Å²) in [4.78, 5) is 0. The quantitative estimate of drug-likeness (QED) is 0.816. The summed E-state index contributed by atoms with van der Waals surface area (Å²) in [6.07, 6.45) is 4.05. The number of methoxy groups -OCH3 is 1. The maximum atomic E-state index is 5.14. The molecule has 1 aliphatic rings. The normalized spacial score (nSPS) is 18.3. The fourth-order valence-corrected chi connectivity index (χ4v) is 1.92. The van der Waals surface area contributed by atoms with Crippen LogP contribution in [-0.2, 0) is 0 Å². The zero-order chi connectivity index (χ0) is 10.7. The minimum atomic E-state index is 0.446. The molecule has 1 aromatic rings. The Bertz CT molecular complexity index is 303. The van der Waals surface area contributed by atoms with Crippen LogP contribution in [0.25, 0.3) is 0 Å². The minimum absolute atomic E-state index is 0.446. The average molecular weight is 205 g/mol. The summed E-state index contributed by atoms with van der Waals surface area (Å²) in [7, 11) is 1.70. The first-order valence-corrected chi connectivity index (χ1v) is 5.69. The summed E-state index contributed by atoms with van der Waals surface area (Å²) >= 11 is 0. The Morgan fingerprint density at radius 1 is 1.27 bits per heavy atom. The zero-order valence-corrected chi connectivity index (χ0v) is 9.49. The number of hydrogen-bond donors (Lipinski definition) is 1. The summed E-state index contributed by atoms with van der Waals surface area (Å²) in [5.74, 6) is 0.926. The Labute approximate surface area is 91.6 Å². The monoisotopic (exact) mass is 205 g/mol. The van der Waals surface area contributed by atoms with Crippen LogP contribution < -0.4 is 10.1 Å². The van der Waals surface area contributed by atoms with Crippen LogP contribution in [0.3, 0.4) is 0 Å². The number of hydrogen-bond acceptors (Lipinski definition) is 2. The predicted molar refractivity (Wildman–Crippen MR) is 62.2 cm³/mol. The molecule has 0 spiro atoms. The van der Waals surface area contributed by atoms with Crippen LogP contribution in [0.1, 0.15) is 37.8 Å². The van der Waals surface area contributed by atoms with Crippen molar-refractivity contribution < 1.29 is 4.74 Å². The van der Waals surface area contributed by atoms with Crippen LogP contribution in [0, 0.1) is 0 Å². The van der Waals surface area contributed by atoms with Gasteiger partial charge in [-0.3, -0.25) is 0 Å². The van der Waals surface area contributed by atoms with Crippen LogP contribution in [0.15, 0.2) is 24.3 Å². The largest absolute Gasteiger partial charge is 0.497 e. The van der Waals surface area contributed by atoms with Gasteiger partial charge in [-0.1, -0.05) is 18.6 Å². The second kappa shape index (κ2) is 4.67. The van der Waals surface area contributed by atoms with E-state index in [9.17, 15) is 0 Å². The summed E-state index contributed by atoms with van der Waals surface area (Å²) in [6.45, 7) is 2.22. The maximum Gasteiger partial charge on any atom is 0.118 e. The van der Waals surface area contributed by atoms with E-state index in [0.717, 1.165) is 11.8 Å². The van der Waals surface area contributed by atoms with E-state index in [-0.39, 0.29) is 0 Å². The highest BCUT2D eigenvalue weighted by molar-refractivity contribution is 5.28. The first kappa shape index (κ1) is 10.5. The minimum Gasteiger partial charge on any atom is -0.497 e. The molecule has 1 saturated carbocycles. The number of ether oxygens (including phenoxy) is 1. The van der Waals surface area contributed by atoms with E-state index in [1.54, 1.807) is 7.11 Å². The van der Waals surface area contributed by atoms with E-state index < -0.39 is 0 Å². The van der Waals surface area contributed by atoms with Gasteiger partial charge < -0.3 is 10.1 Å². The molecule has 0 heterocycles. The van der Waals surface area contributed by atoms with E-state index in [2.05, 4.69) is 24.4 Å². The third kappa shape index (κ3) is 2.51. The van der Waals surface area contributed by atoms with Crippen molar-refractivity contribution in [3.63, 3.8) is 0 Å². The van der Waals surface area contributed by atoms with Gasteiger partial charge in [-0.2, -0.15) is 0 Å². The molecule has 1 unspecified atom stereocenters. The van der Waals surface area contributed by atoms with E-state index in [1.165, 1.54) is 24.8 Å². The lowest BCUT2D eigenvalue weighted by atomic mass is 9.92. The van der Waals surface area contributed by atoms with E-state index >= 15 is 0 Å². The predicted octanol–water partition coefficient (Wildman–Crippen LogP) is 2.90. The summed E-state index contributed by atoms with van der Waals surface area (Å²) in [5, 5.41) is 3.63. The summed E-state index contributed by atoms with van der Waals surface area (Å²) < 4.78 is 5.14. The molecule has 1 N–H and O–H groups in total. The molecule has 0 bridgehead atoms. The van der Waals surface area contributed by atoms with E-state index in [4.69, 9.17) is 4.74 Å². The van der Waals surface area contributed by atoms with Gasteiger partial charge in [-0.25, -0.2) is 0 Å². The molecule has 2 rings (SSSR count). The van der Waals surface area contributed by atoms with Gasteiger partial charge >= 0.3 is 0 Å². The molecule has 2 heteroatoms. The van der Waals surface area contributed by atoms with Gasteiger partial charge in [0, 0.05) is 12.1 Å². The van der Waals surface area contributed by atoms with Crippen LogP contribution in [-0.4, -0.2) is 13.2 Å². The first-order valence-electron chi connectivity index (χ1n) is 5.69. The fraction of sp³-hybridized carbons (Fsp3) is 0.538. The molecule has 0 saturated heterocycles. The van der Waals surface area contributed by atoms with Crippen LogP contribution in [0.2, 0.25) is 0 Å². The molecule has 0 aliphatic heterocycles. The van der Waals surface area contributed by atoms with Crippen molar-refractivity contribution in [2.45, 2.75) is 38.3 Å². The molecular formula is C13H19NO. The Kier molecular flexibility index (Phi) is 3.27.